The van der Waals surface area contributed by atoms with Gasteiger partial charge >= 0.3 is 0 Å². The van der Waals surface area contributed by atoms with Gasteiger partial charge < -0.3 is 10.6 Å². The van der Waals surface area contributed by atoms with Crippen molar-refractivity contribution in [3.8, 4) is 0 Å². The summed E-state index contributed by atoms with van der Waals surface area (Å²) in [7, 11) is -3.27. The molecule has 1 rings (SSSR count). The lowest BCUT2D eigenvalue weighted by Gasteiger charge is -2.21. The summed E-state index contributed by atoms with van der Waals surface area (Å²) in [5.74, 6) is -0.223. The lowest BCUT2D eigenvalue weighted by molar-refractivity contribution is -0.116. The van der Waals surface area contributed by atoms with Gasteiger partial charge in [0.15, 0.2) is 0 Å². The molecule has 170 valence electrons. The SMILES string of the molecule is Cc1c(C)c(C(=O)NC(C)C)c(C)c(C)c1NC(=O)CCCCNS(=O)(=O)C(C)C. The molecule has 0 bridgehead atoms. The number of hydrogen-bond acceptors (Lipinski definition) is 4. The van der Waals surface area contributed by atoms with Crippen LogP contribution in [0, 0.1) is 27.7 Å². The van der Waals surface area contributed by atoms with Crippen LogP contribution in [0.2, 0.25) is 0 Å². The third-order valence-electron chi connectivity index (χ3n) is 5.29. The van der Waals surface area contributed by atoms with Crippen LogP contribution < -0.4 is 15.4 Å². The molecule has 0 saturated heterocycles. The molecule has 1 aromatic carbocycles. The van der Waals surface area contributed by atoms with Crippen LogP contribution in [0.5, 0.6) is 0 Å². The molecule has 0 aliphatic rings. The van der Waals surface area contributed by atoms with Crippen molar-refractivity contribution in [1.29, 1.82) is 0 Å². The number of sulfonamides is 1. The van der Waals surface area contributed by atoms with Crippen LogP contribution in [0.25, 0.3) is 0 Å². The fraction of sp³-hybridized carbons (Fsp3) is 0.636. The van der Waals surface area contributed by atoms with Crippen molar-refractivity contribution in [3.63, 3.8) is 0 Å². The molecule has 0 atom stereocenters. The molecule has 7 nitrogen and oxygen atoms in total. The van der Waals surface area contributed by atoms with Crippen LogP contribution in [-0.4, -0.2) is 38.1 Å². The molecule has 2 amide bonds. The van der Waals surface area contributed by atoms with Gasteiger partial charge in [0.05, 0.1) is 5.25 Å². The van der Waals surface area contributed by atoms with Crippen LogP contribution in [0.4, 0.5) is 5.69 Å². The normalized spacial score (nSPS) is 11.8. The van der Waals surface area contributed by atoms with E-state index >= 15 is 0 Å². The minimum Gasteiger partial charge on any atom is -0.350 e. The van der Waals surface area contributed by atoms with Gasteiger partial charge in [-0.3, -0.25) is 9.59 Å². The van der Waals surface area contributed by atoms with Gasteiger partial charge in [0.2, 0.25) is 15.9 Å². The van der Waals surface area contributed by atoms with Crippen molar-refractivity contribution in [2.24, 2.45) is 0 Å². The van der Waals surface area contributed by atoms with E-state index in [-0.39, 0.29) is 17.9 Å². The van der Waals surface area contributed by atoms with E-state index in [4.69, 9.17) is 0 Å². The molecular weight excluding hydrogens is 402 g/mol. The molecule has 0 heterocycles. The molecule has 0 saturated carbocycles. The molecule has 0 fully saturated rings. The maximum Gasteiger partial charge on any atom is 0.252 e. The lowest BCUT2D eigenvalue weighted by Crippen LogP contribution is -2.32. The van der Waals surface area contributed by atoms with E-state index in [1.54, 1.807) is 13.8 Å². The minimum absolute atomic E-state index is 0.0429. The summed E-state index contributed by atoms with van der Waals surface area (Å²) in [6.45, 7) is 15.0. The zero-order chi connectivity index (χ0) is 23.2. The van der Waals surface area contributed by atoms with E-state index in [0.717, 1.165) is 27.9 Å². The highest BCUT2D eigenvalue weighted by atomic mass is 32.2. The van der Waals surface area contributed by atoms with E-state index in [0.29, 0.717) is 31.4 Å². The Labute approximate surface area is 181 Å². The van der Waals surface area contributed by atoms with Crippen molar-refractivity contribution in [1.82, 2.24) is 10.0 Å². The first-order chi connectivity index (χ1) is 13.8. The second-order valence-electron chi connectivity index (χ2n) is 8.37. The van der Waals surface area contributed by atoms with Gasteiger partial charge in [-0.1, -0.05) is 0 Å². The molecule has 8 heteroatoms. The topological polar surface area (TPSA) is 104 Å². The third-order valence-corrected chi connectivity index (χ3v) is 7.14. The number of rotatable bonds is 10. The van der Waals surface area contributed by atoms with Gasteiger partial charge in [0.25, 0.3) is 5.91 Å². The number of unbranched alkanes of at least 4 members (excludes halogenated alkanes) is 1. The Bertz CT molecular complexity index is 861. The highest BCUT2D eigenvalue weighted by molar-refractivity contribution is 7.90. The van der Waals surface area contributed by atoms with Crippen LogP contribution in [0.3, 0.4) is 0 Å². The standard InChI is InChI=1S/C22H37N3O4S/c1-13(2)24-22(27)20-15(5)17(7)21(18(8)16(20)6)25-19(26)11-9-10-12-23-30(28,29)14(3)4/h13-14,23H,9-12H2,1-8H3,(H,24,27)(H,25,26). The number of benzene rings is 1. The predicted octanol–water partition coefficient (Wildman–Crippen LogP) is 3.50. The minimum atomic E-state index is -3.27. The maximum atomic E-state index is 12.6. The largest absolute Gasteiger partial charge is 0.350 e. The Morgan fingerprint density at radius 1 is 0.867 bits per heavy atom. The first kappa shape index (κ1) is 26.1. The van der Waals surface area contributed by atoms with Gasteiger partial charge in [-0.2, -0.15) is 0 Å². The van der Waals surface area contributed by atoms with Gasteiger partial charge in [-0.15, -0.1) is 0 Å². The predicted molar refractivity (Wildman–Crippen MR) is 123 cm³/mol. The zero-order valence-corrected chi connectivity index (χ0v) is 20.3. The van der Waals surface area contributed by atoms with E-state index in [9.17, 15) is 18.0 Å². The summed E-state index contributed by atoms with van der Waals surface area (Å²) in [4.78, 5) is 25.0. The van der Waals surface area contributed by atoms with Crippen molar-refractivity contribution in [3.05, 3.63) is 27.8 Å². The van der Waals surface area contributed by atoms with E-state index in [2.05, 4.69) is 15.4 Å². The summed E-state index contributed by atoms with van der Waals surface area (Å²) in [5.41, 5.74) is 4.88. The number of anilines is 1. The molecule has 0 aliphatic carbocycles. The highest BCUT2D eigenvalue weighted by Crippen LogP contribution is 2.31. The average Bonchev–Trinajstić information content (AvgIpc) is 2.62. The lowest BCUT2D eigenvalue weighted by atomic mass is 9.91. The smallest absolute Gasteiger partial charge is 0.252 e. The number of hydrogen-bond donors (Lipinski definition) is 3. The molecule has 0 unspecified atom stereocenters. The van der Waals surface area contributed by atoms with Gasteiger partial charge in [0.1, 0.15) is 0 Å². The molecule has 30 heavy (non-hydrogen) atoms. The van der Waals surface area contributed by atoms with E-state index in [1.165, 1.54) is 0 Å². The van der Waals surface area contributed by atoms with Gasteiger partial charge in [0, 0.05) is 30.3 Å². The molecule has 0 radical (unpaired) electrons. The number of nitrogens with one attached hydrogen (secondary N) is 3. The summed E-state index contributed by atoms with van der Waals surface area (Å²) < 4.78 is 26.0. The second-order valence-corrected chi connectivity index (χ2v) is 10.7. The molecular formula is C22H37N3O4S. The van der Waals surface area contributed by atoms with Crippen molar-refractivity contribution in [2.45, 2.75) is 85.9 Å². The Morgan fingerprint density at radius 3 is 1.87 bits per heavy atom. The highest BCUT2D eigenvalue weighted by Gasteiger charge is 2.21. The second kappa shape index (κ2) is 10.9. The van der Waals surface area contributed by atoms with Crippen molar-refractivity contribution >= 4 is 27.5 Å². The van der Waals surface area contributed by atoms with E-state index in [1.807, 2.05) is 41.5 Å². The monoisotopic (exact) mass is 439 g/mol. The molecule has 0 aromatic heterocycles. The summed E-state index contributed by atoms with van der Waals surface area (Å²) in [6.07, 6.45) is 1.47. The van der Waals surface area contributed by atoms with Gasteiger partial charge in [-0.25, -0.2) is 13.1 Å². The maximum absolute atomic E-state index is 12.6. The Kier molecular flexibility index (Phi) is 9.49. The fourth-order valence-electron chi connectivity index (χ4n) is 3.17. The van der Waals surface area contributed by atoms with Crippen LogP contribution in [0.15, 0.2) is 0 Å². The quantitative estimate of drug-likeness (QED) is 0.485. The van der Waals surface area contributed by atoms with Gasteiger partial charge in [-0.05, 0) is 90.5 Å². The summed E-state index contributed by atoms with van der Waals surface area (Å²) in [6, 6.07) is 0.0429. The van der Waals surface area contributed by atoms with Crippen LogP contribution >= 0.6 is 0 Å². The molecule has 0 spiro atoms. The first-order valence-corrected chi connectivity index (χ1v) is 12.0. The number of amides is 2. The fourth-order valence-corrected chi connectivity index (χ4v) is 3.93. The van der Waals surface area contributed by atoms with Crippen molar-refractivity contribution in [2.75, 3.05) is 11.9 Å². The van der Waals surface area contributed by atoms with E-state index < -0.39 is 15.3 Å². The Hall–Kier alpha value is -1.93. The number of carbonyl (C=O) groups is 2. The molecule has 1 aromatic rings. The Balaban J connectivity index is 2.80. The van der Waals surface area contributed by atoms with Crippen molar-refractivity contribution < 1.29 is 18.0 Å². The first-order valence-electron chi connectivity index (χ1n) is 10.5. The number of carbonyl (C=O) groups excluding carboxylic acids is 2. The summed E-state index contributed by atoms with van der Waals surface area (Å²) >= 11 is 0. The summed E-state index contributed by atoms with van der Waals surface area (Å²) in [5, 5.41) is 5.45. The van der Waals surface area contributed by atoms with Crippen LogP contribution in [-0.2, 0) is 14.8 Å². The zero-order valence-electron chi connectivity index (χ0n) is 19.5. The van der Waals surface area contributed by atoms with Crippen LogP contribution in [0.1, 0.15) is 79.6 Å². The average molecular weight is 440 g/mol. The Morgan fingerprint density at radius 2 is 1.40 bits per heavy atom. The molecule has 0 aliphatic heterocycles. The third kappa shape index (κ3) is 6.80. The molecule has 3 N–H and O–H groups in total.